The number of aryl methyl sites for hydroxylation is 2. The highest BCUT2D eigenvalue weighted by Gasteiger charge is 2.42. The zero-order valence-electron chi connectivity index (χ0n) is 12.7. The molecule has 4 heteroatoms. The summed E-state index contributed by atoms with van der Waals surface area (Å²) in [4.78, 5) is 14.3. The molecule has 0 aromatic carbocycles. The first-order valence-corrected chi connectivity index (χ1v) is 7.72. The van der Waals surface area contributed by atoms with Crippen molar-refractivity contribution in [2.45, 2.75) is 52.5 Å². The molecule has 110 valence electrons. The molecule has 0 atom stereocenters. The number of nitrogens with zero attached hydrogens (tertiary/aromatic N) is 2. The first kappa shape index (κ1) is 13.7. The topological polar surface area (TPSA) is 46.3 Å². The first-order chi connectivity index (χ1) is 9.56. The van der Waals surface area contributed by atoms with Gasteiger partial charge in [-0.15, -0.1) is 0 Å². The maximum Gasteiger partial charge on any atom is 0.222 e. The number of hydrogen-bond donors (Lipinski definition) is 0. The van der Waals surface area contributed by atoms with E-state index in [0.29, 0.717) is 12.5 Å². The summed E-state index contributed by atoms with van der Waals surface area (Å²) in [6, 6.07) is 0. The van der Waals surface area contributed by atoms with Crippen LogP contribution in [0.4, 0.5) is 0 Å². The summed E-state index contributed by atoms with van der Waals surface area (Å²) in [6.07, 6.45) is 6.07. The fourth-order valence-electron chi connectivity index (χ4n) is 3.18. The molecule has 0 N–H and O–H groups in total. The fourth-order valence-corrected chi connectivity index (χ4v) is 3.18. The molecule has 0 bridgehead atoms. The van der Waals surface area contributed by atoms with Crippen LogP contribution in [-0.4, -0.2) is 23.0 Å². The zero-order valence-corrected chi connectivity index (χ0v) is 12.7. The molecular formula is C16H24N2O2. The molecule has 4 nitrogen and oxygen atoms in total. The summed E-state index contributed by atoms with van der Waals surface area (Å²) >= 11 is 0. The Labute approximate surface area is 120 Å². The molecule has 1 heterocycles. The van der Waals surface area contributed by atoms with Gasteiger partial charge in [-0.3, -0.25) is 4.79 Å². The average molecular weight is 276 g/mol. The Bertz CT molecular complexity index is 469. The van der Waals surface area contributed by atoms with Crippen molar-refractivity contribution in [1.82, 2.24) is 10.1 Å². The molecule has 1 aromatic heterocycles. The zero-order chi connectivity index (χ0) is 14.3. The Morgan fingerprint density at radius 3 is 2.35 bits per heavy atom. The molecule has 2 aliphatic carbocycles. The van der Waals surface area contributed by atoms with Crippen molar-refractivity contribution in [1.29, 1.82) is 0 Å². The lowest BCUT2D eigenvalue weighted by Crippen LogP contribution is -2.29. The highest BCUT2D eigenvalue weighted by Crippen LogP contribution is 2.50. The number of amides is 1. The number of carbonyl (C=O) groups excluding carboxylic acids is 1. The van der Waals surface area contributed by atoms with Gasteiger partial charge in [-0.05, 0) is 57.3 Å². The summed E-state index contributed by atoms with van der Waals surface area (Å²) in [5.41, 5.74) is 1.94. The Morgan fingerprint density at radius 1 is 1.30 bits per heavy atom. The third-order valence-corrected chi connectivity index (χ3v) is 4.87. The second-order valence-electron chi connectivity index (χ2n) is 6.60. The molecule has 1 amide bonds. The van der Waals surface area contributed by atoms with Crippen LogP contribution in [0.25, 0.3) is 0 Å². The smallest absolute Gasteiger partial charge is 0.222 e. The molecule has 3 rings (SSSR count). The van der Waals surface area contributed by atoms with E-state index in [-0.39, 0.29) is 5.91 Å². The second kappa shape index (κ2) is 5.23. The molecule has 0 saturated heterocycles. The Morgan fingerprint density at radius 2 is 1.90 bits per heavy atom. The molecule has 2 fully saturated rings. The second-order valence-corrected chi connectivity index (χ2v) is 6.60. The van der Waals surface area contributed by atoms with E-state index in [1.54, 1.807) is 0 Å². The Kier molecular flexibility index (Phi) is 3.57. The van der Waals surface area contributed by atoms with Crippen molar-refractivity contribution in [3.63, 3.8) is 0 Å². The van der Waals surface area contributed by atoms with Crippen LogP contribution in [0, 0.1) is 31.6 Å². The van der Waals surface area contributed by atoms with Gasteiger partial charge >= 0.3 is 0 Å². The summed E-state index contributed by atoms with van der Waals surface area (Å²) in [5.74, 6) is 3.41. The van der Waals surface area contributed by atoms with Crippen LogP contribution in [0.2, 0.25) is 0 Å². The number of rotatable bonds is 6. The summed E-state index contributed by atoms with van der Waals surface area (Å²) < 4.78 is 5.17. The Hall–Kier alpha value is -1.32. The van der Waals surface area contributed by atoms with E-state index in [4.69, 9.17) is 4.52 Å². The SMILES string of the molecule is Cc1noc(C)c1CN(C)C(=O)CC(C1CC1)C1CC1. The molecular weight excluding hydrogens is 252 g/mol. The van der Waals surface area contributed by atoms with E-state index in [1.807, 2.05) is 25.8 Å². The van der Waals surface area contributed by atoms with Crippen LogP contribution in [0.3, 0.4) is 0 Å². The lowest BCUT2D eigenvalue weighted by Gasteiger charge is -2.21. The third kappa shape index (κ3) is 2.89. The van der Waals surface area contributed by atoms with Crippen LogP contribution < -0.4 is 0 Å². The van der Waals surface area contributed by atoms with Crippen LogP contribution in [-0.2, 0) is 11.3 Å². The van der Waals surface area contributed by atoms with Crippen molar-refractivity contribution in [2.75, 3.05) is 7.05 Å². The molecule has 0 aliphatic heterocycles. The minimum atomic E-state index is 0.272. The predicted molar refractivity (Wildman–Crippen MR) is 76.0 cm³/mol. The van der Waals surface area contributed by atoms with Gasteiger partial charge in [0.2, 0.25) is 5.91 Å². The van der Waals surface area contributed by atoms with Gasteiger partial charge in [0.25, 0.3) is 0 Å². The predicted octanol–water partition coefficient (Wildman–Crippen LogP) is 3.08. The lowest BCUT2D eigenvalue weighted by molar-refractivity contribution is -0.131. The van der Waals surface area contributed by atoms with Crippen molar-refractivity contribution >= 4 is 5.91 Å². The van der Waals surface area contributed by atoms with Gasteiger partial charge in [-0.2, -0.15) is 0 Å². The van der Waals surface area contributed by atoms with E-state index >= 15 is 0 Å². The molecule has 2 saturated carbocycles. The molecule has 0 radical (unpaired) electrons. The molecule has 0 unspecified atom stereocenters. The van der Waals surface area contributed by atoms with Gasteiger partial charge in [0, 0.05) is 19.0 Å². The van der Waals surface area contributed by atoms with Crippen molar-refractivity contribution in [2.24, 2.45) is 17.8 Å². The third-order valence-electron chi connectivity index (χ3n) is 4.87. The summed E-state index contributed by atoms with van der Waals surface area (Å²) in [7, 11) is 1.89. The quantitative estimate of drug-likeness (QED) is 0.802. The van der Waals surface area contributed by atoms with Gasteiger partial charge in [0.1, 0.15) is 5.76 Å². The summed E-state index contributed by atoms with van der Waals surface area (Å²) in [5, 5.41) is 3.95. The van der Waals surface area contributed by atoms with E-state index in [2.05, 4.69) is 5.16 Å². The minimum Gasteiger partial charge on any atom is -0.361 e. The van der Waals surface area contributed by atoms with Gasteiger partial charge in [-0.1, -0.05) is 5.16 Å². The highest BCUT2D eigenvalue weighted by molar-refractivity contribution is 5.76. The normalized spacial score (nSPS) is 18.6. The van der Waals surface area contributed by atoms with E-state index in [0.717, 1.165) is 35.3 Å². The van der Waals surface area contributed by atoms with Crippen LogP contribution in [0.5, 0.6) is 0 Å². The van der Waals surface area contributed by atoms with E-state index in [9.17, 15) is 4.79 Å². The maximum absolute atomic E-state index is 12.4. The average Bonchev–Trinajstić information content (AvgIpc) is 3.31. The van der Waals surface area contributed by atoms with Gasteiger partial charge in [-0.25, -0.2) is 0 Å². The maximum atomic E-state index is 12.4. The fraction of sp³-hybridized carbons (Fsp3) is 0.750. The van der Waals surface area contributed by atoms with Crippen LogP contribution in [0.1, 0.15) is 49.1 Å². The largest absolute Gasteiger partial charge is 0.361 e. The lowest BCUT2D eigenvalue weighted by atomic mass is 9.93. The number of carbonyl (C=O) groups is 1. The number of hydrogen-bond acceptors (Lipinski definition) is 3. The van der Waals surface area contributed by atoms with Crippen molar-refractivity contribution in [3.8, 4) is 0 Å². The number of aromatic nitrogens is 1. The monoisotopic (exact) mass is 276 g/mol. The standard InChI is InChI=1S/C16H24N2O2/c1-10-15(11(2)20-17-10)9-18(3)16(19)8-14(12-4-5-12)13-6-7-13/h12-14H,4-9H2,1-3H3. The van der Waals surface area contributed by atoms with Crippen molar-refractivity contribution < 1.29 is 9.32 Å². The van der Waals surface area contributed by atoms with Gasteiger partial charge in [0.05, 0.1) is 12.2 Å². The van der Waals surface area contributed by atoms with E-state index < -0.39 is 0 Å². The van der Waals surface area contributed by atoms with Crippen molar-refractivity contribution in [3.05, 3.63) is 17.0 Å². The van der Waals surface area contributed by atoms with E-state index in [1.165, 1.54) is 25.7 Å². The molecule has 1 aromatic rings. The molecule has 20 heavy (non-hydrogen) atoms. The highest BCUT2D eigenvalue weighted by atomic mass is 16.5. The van der Waals surface area contributed by atoms with Gasteiger partial charge in [0.15, 0.2) is 0 Å². The first-order valence-electron chi connectivity index (χ1n) is 7.72. The van der Waals surface area contributed by atoms with Crippen LogP contribution in [0.15, 0.2) is 4.52 Å². The van der Waals surface area contributed by atoms with Gasteiger partial charge < -0.3 is 9.42 Å². The molecule has 0 spiro atoms. The minimum absolute atomic E-state index is 0.272. The summed E-state index contributed by atoms with van der Waals surface area (Å²) in [6.45, 7) is 4.45. The Balaban J connectivity index is 1.58. The van der Waals surface area contributed by atoms with Crippen LogP contribution >= 0.6 is 0 Å². The molecule has 2 aliphatic rings.